The SMILES string of the molecule is CC(C)c1nc(NN)cc(NC2(CO)CCCC2)n1. The highest BCUT2D eigenvalue weighted by Crippen LogP contribution is 2.32. The predicted molar refractivity (Wildman–Crippen MR) is 75.8 cm³/mol. The van der Waals surface area contributed by atoms with Gasteiger partial charge in [-0.25, -0.2) is 15.8 Å². The summed E-state index contributed by atoms with van der Waals surface area (Å²) in [5.74, 6) is 7.72. The minimum atomic E-state index is -0.242. The second-order valence-electron chi connectivity index (χ2n) is 5.57. The van der Waals surface area contributed by atoms with Gasteiger partial charge in [-0.3, -0.25) is 0 Å². The van der Waals surface area contributed by atoms with Crippen molar-refractivity contribution in [2.75, 3.05) is 17.3 Å². The molecule has 0 atom stereocenters. The molecule has 0 amide bonds. The van der Waals surface area contributed by atoms with Crippen molar-refractivity contribution in [3.8, 4) is 0 Å². The average Bonchev–Trinajstić information content (AvgIpc) is 2.87. The molecule has 0 bridgehead atoms. The molecule has 0 saturated heterocycles. The number of hydrogen-bond acceptors (Lipinski definition) is 6. The molecule has 0 aromatic carbocycles. The minimum absolute atomic E-state index is 0.124. The highest BCUT2D eigenvalue weighted by Gasteiger charge is 2.33. The minimum Gasteiger partial charge on any atom is -0.394 e. The fourth-order valence-electron chi connectivity index (χ4n) is 2.51. The van der Waals surface area contributed by atoms with Gasteiger partial charge in [-0.05, 0) is 12.8 Å². The second kappa shape index (κ2) is 5.71. The number of nitrogens with one attached hydrogen (secondary N) is 2. The molecule has 1 aliphatic rings. The van der Waals surface area contributed by atoms with Crippen molar-refractivity contribution in [1.82, 2.24) is 9.97 Å². The smallest absolute Gasteiger partial charge is 0.145 e. The van der Waals surface area contributed by atoms with E-state index in [-0.39, 0.29) is 18.1 Å². The summed E-state index contributed by atoms with van der Waals surface area (Å²) in [6, 6.07) is 1.78. The Morgan fingerprint density at radius 2 is 1.95 bits per heavy atom. The third-order valence-electron chi connectivity index (χ3n) is 3.66. The van der Waals surface area contributed by atoms with E-state index in [1.807, 2.05) is 13.8 Å². The van der Waals surface area contributed by atoms with Crippen LogP contribution >= 0.6 is 0 Å². The van der Waals surface area contributed by atoms with Gasteiger partial charge in [0.15, 0.2) is 0 Å². The summed E-state index contributed by atoms with van der Waals surface area (Å²) >= 11 is 0. The number of rotatable bonds is 5. The van der Waals surface area contributed by atoms with Crippen LogP contribution in [0.3, 0.4) is 0 Å². The van der Waals surface area contributed by atoms with Crippen molar-refractivity contribution in [3.05, 3.63) is 11.9 Å². The molecule has 0 spiro atoms. The summed E-state index contributed by atoms with van der Waals surface area (Å²) in [6.45, 7) is 4.20. The van der Waals surface area contributed by atoms with E-state index in [1.165, 1.54) is 0 Å². The van der Waals surface area contributed by atoms with Gasteiger partial charge in [0.25, 0.3) is 0 Å². The molecule has 5 N–H and O–H groups in total. The second-order valence-corrected chi connectivity index (χ2v) is 5.57. The predicted octanol–water partition coefficient (Wildman–Crippen LogP) is 1.60. The van der Waals surface area contributed by atoms with Crippen LogP contribution in [0.4, 0.5) is 11.6 Å². The van der Waals surface area contributed by atoms with Crippen LogP contribution in [0, 0.1) is 0 Å². The lowest BCUT2D eigenvalue weighted by molar-refractivity contribution is 0.214. The van der Waals surface area contributed by atoms with Crippen LogP contribution in [-0.2, 0) is 0 Å². The number of nitrogens with zero attached hydrogens (tertiary/aromatic N) is 2. The van der Waals surface area contributed by atoms with Crippen molar-refractivity contribution >= 4 is 11.6 Å². The number of aromatic nitrogens is 2. The van der Waals surface area contributed by atoms with Crippen molar-refractivity contribution in [3.63, 3.8) is 0 Å². The van der Waals surface area contributed by atoms with Gasteiger partial charge in [0.1, 0.15) is 17.5 Å². The quantitative estimate of drug-likeness (QED) is 0.477. The van der Waals surface area contributed by atoms with E-state index in [1.54, 1.807) is 6.07 Å². The molecule has 19 heavy (non-hydrogen) atoms. The summed E-state index contributed by atoms with van der Waals surface area (Å²) in [4.78, 5) is 8.83. The van der Waals surface area contributed by atoms with Crippen LogP contribution in [0.5, 0.6) is 0 Å². The molecule has 6 heteroatoms. The third-order valence-corrected chi connectivity index (χ3v) is 3.66. The molecule has 1 aliphatic carbocycles. The van der Waals surface area contributed by atoms with Gasteiger partial charge in [0.2, 0.25) is 0 Å². The van der Waals surface area contributed by atoms with Crippen LogP contribution in [0.1, 0.15) is 51.3 Å². The highest BCUT2D eigenvalue weighted by molar-refractivity contribution is 5.49. The molecular formula is C13H23N5O. The standard InChI is InChI=1S/C13H23N5O/c1-9(2)12-15-10(7-11(16-12)18-14)17-13(8-19)5-3-4-6-13/h7,9,19H,3-6,8,14H2,1-2H3,(H2,15,16,17,18). The van der Waals surface area contributed by atoms with Crippen molar-refractivity contribution in [1.29, 1.82) is 0 Å². The molecular weight excluding hydrogens is 242 g/mol. The van der Waals surface area contributed by atoms with Crippen molar-refractivity contribution in [2.45, 2.75) is 51.0 Å². The molecule has 2 rings (SSSR count). The van der Waals surface area contributed by atoms with Gasteiger partial charge < -0.3 is 15.8 Å². The molecule has 6 nitrogen and oxygen atoms in total. The molecule has 106 valence electrons. The first-order valence-corrected chi connectivity index (χ1v) is 6.83. The summed E-state index contributed by atoms with van der Waals surface area (Å²) in [5.41, 5.74) is 2.32. The van der Waals surface area contributed by atoms with Gasteiger partial charge in [-0.15, -0.1) is 0 Å². The Morgan fingerprint density at radius 1 is 1.32 bits per heavy atom. The topological polar surface area (TPSA) is 96.1 Å². The first-order chi connectivity index (χ1) is 9.08. The number of aliphatic hydroxyl groups is 1. The van der Waals surface area contributed by atoms with Gasteiger partial charge in [-0.1, -0.05) is 26.7 Å². The van der Waals surface area contributed by atoms with Gasteiger partial charge in [0, 0.05) is 12.0 Å². The van der Waals surface area contributed by atoms with E-state index >= 15 is 0 Å². The fourth-order valence-corrected chi connectivity index (χ4v) is 2.51. The third kappa shape index (κ3) is 3.13. The molecule has 0 unspecified atom stereocenters. The molecule has 1 saturated carbocycles. The summed E-state index contributed by atoms with van der Waals surface area (Å²) in [7, 11) is 0. The van der Waals surface area contributed by atoms with Crippen LogP contribution in [0.15, 0.2) is 6.07 Å². The van der Waals surface area contributed by atoms with Gasteiger partial charge in [0.05, 0.1) is 12.1 Å². The summed E-state index contributed by atoms with van der Waals surface area (Å²) in [5, 5.41) is 13.0. The van der Waals surface area contributed by atoms with Gasteiger partial charge >= 0.3 is 0 Å². The van der Waals surface area contributed by atoms with Crippen LogP contribution in [-0.4, -0.2) is 27.2 Å². The fraction of sp³-hybridized carbons (Fsp3) is 0.692. The van der Waals surface area contributed by atoms with E-state index < -0.39 is 0 Å². The molecule has 1 heterocycles. The number of nitrogens with two attached hydrogens (primary N) is 1. The number of hydrazine groups is 1. The maximum atomic E-state index is 9.64. The maximum Gasteiger partial charge on any atom is 0.145 e. The van der Waals surface area contributed by atoms with E-state index in [2.05, 4.69) is 20.7 Å². The Kier molecular flexibility index (Phi) is 4.21. The normalized spacial score (nSPS) is 17.7. The molecule has 1 fully saturated rings. The zero-order chi connectivity index (χ0) is 13.9. The molecule has 1 aromatic rings. The first kappa shape index (κ1) is 14.0. The molecule has 1 aromatic heterocycles. The van der Waals surface area contributed by atoms with Crippen molar-refractivity contribution in [2.24, 2.45) is 5.84 Å². The number of aliphatic hydroxyl groups excluding tert-OH is 1. The average molecular weight is 265 g/mol. The Labute approximate surface area is 113 Å². The Morgan fingerprint density at radius 3 is 2.47 bits per heavy atom. The summed E-state index contributed by atoms with van der Waals surface area (Å²) in [6.07, 6.45) is 4.21. The van der Waals surface area contributed by atoms with E-state index in [0.717, 1.165) is 37.3 Å². The van der Waals surface area contributed by atoms with Crippen molar-refractivity contribution < 1.29 is 5.11 Å². The van der Waals surface area contributed by atoms with Crippen LogP contribution < -0.4 is 16.6 Å². The summed E-state index contributed by atoms with van der Waals surface area (Å²) < 4.78 is 0. The molecule has 0 aliphatic heterocycles. The lowest BCUT2D eigenvalue weighted by Gasteiger charge is -2.29. The van der Waals surface area contributed by atoms with Gasteiger partial charge in [-0.2, -0.15) is 0 Å². The van der Waals surface area contributed by atoms with Crippen LogP contribution in [0.25, 0.3) is 0 Å². The zero-order valence-electron chi connectivity index (χ0n) is 11.6. The van der Waals surface area contributed by atoms with E-state index in [0.29, 0.717) is 5.82 Å². The zero-order valence-corrected chi connectivity index (χ0v) is 11.6. The lowest BCUT2D eigenvalue weighted by atomic mass is 9.99. The molecule has 0 radical (unpaired) electrons. The number of hydrogen-bond donors (Lipinski definition) is 4. The number of nitrogen functional groups attached to an aromatic ring is 1. The Bertz CT molecular complexity index is 429. The lowest BCUT2D eigenvalue weighted by Crippen LogP contribution is -2.39. The van der Waals surface area contributed by atoms with E-state index in [9.17, 15) is 5.11 Å². The Hall–Kier alpha value is -1.40. The Balaban J connectivity index is 2.25. The number of anilines is 2. The first-order valence-electron chi connectivity index (χ1n) is 6.83. The highest BCUT2D eigenvalue weighted by atomic mass is 16.3. The van der Waals surface area contributed by atoms with Crippen LogP contribution in [0.2, 0.25) is 0 Å². The van der Waals surface area contributed by atoms with E-state index in [4.69, 9.17) is 5.84 Å². The monoisotopic (exact) mass is 265 g/mol. The maximum absolute atomic E-state index is 9.64. The largest absolute Gasteiger partial charge is 0.394 e.